The summed E-state index contributed by atoms with van der Waals surface area (Å²) >= 11 is 0. The van der Waals surface area contributed by atoms with Gasteiger partial charge in [0.1, 0.15) is 6.04 Å². The second kappa shape index (κ2) is 12.6. The van der Waals surface area contributed by atoms with Gasteiger partial charge in [-0.1, -0.05) is 48.4 Å². The zero-order valence-electron chi connectivity index (χ0n) is 23.8. The molecule has 39 heavy (non-hydrogen) atoms. The largest absolute Gasteiger partial charge is 0.354 e. The Kier molecular flexibility index (Phi) is 9.03. The van der Waals surface area contributed by atoms with Crippen LogP contribution in [0, 0.1) is 25.7 Å². The van der Waals surface area contributed by atoms with Crippen LogP contribution in [0.25, 0.3) is 0 Å². The first-order chi connectivity index (χ1) is 18.9. The summed E-state index contributed by atoms with van der Waals surface area (Å²) in [5.41, 5.74) is 10.4. The number of nitrogens with zero attached hydrogens (tertiary/aromatic N) is 2. The SMILES string of the molecule is Cc1ccc(C(=O)N2CCC(N(Cc3ccccc3C)C3CC3)C[C@@H]2C(=O)NCC2CCCC(CN)C2)cc1. The van der Waals surface area contributed by atoms with Crippen molar-refractivity contribution in [3.63, 3.8) is 0 Å². The predicted molar refractivity (Wildman–Crippen MR) is 156 cm³/mol. The van der Waals surface area contributed by atoms with Gasteiger partial charge in [0.25, 0.3) is 5.91 Å². The molecule has 3 fully saturated rings. The van der Waals surface area contributed by atoms with Crippen molar-refractivity contribution in [3.8, 4) is 0 Å². The molecule has 2 aromatic rings. The molecule has 2 saturated carbocycles. The fraction of sp³-hybridized carbons (Fsp3) is 0.576. The lowest BCUT2D eigenvalue weighted by Crippen LogP contribution is -2.58. The second-order valence-electron chi connectivity index (χ2n) is 12.3. The molecule has 0 radical (unpaired) electrons. The van der Waals surface area contributed by atoms with Crippen molar-refractivity contribution in [1.82, 2.24) is 15.1 Å². The second-order valence-corrected chi connectivity index (χ2v) is 12.3. The molecular formula is C33H46N4O2. The van der Waals surface area contributed by atoms with Gasteiger partial charge in [-0.05, 0) is 100 Å². The molecule has 1 saturated heterocycles. The molecule has 3 aliphatic rings. The molecule has 0 bridgehead atoms. The number of carbonyl (C=O) groups excluding carboxylic acids is 2. The van der Waals surface area contributed by atoms with E-state index in [0.717, 1.165) is 37.9 Å². The van der Waals surface area contributed by atoms with Crippen molar-refractivity contribution in [1.29, 1.82) is 0 Å². The molecule has 2 amide bonds. The van der Waals surface area contributed by atoms with Gasteiger partial charge in [0.2, 0.25) is 5.91 Å². The number of hydrogen-bond donors (Lipinski definition) is 2. The molecule has 3 N–H and O–H groups in total. The molecular weight excluding hydrogens is 484 g/mol. The number of carbonyl (C=O) groups is 2. The maximum atomic E-state index is 13.8. The number of nitrogens with one attached hydrogen (secondary N) is 1. The van der Waals surface area contributed by atoms with Crippen LogP contribution in [-0.4, -0.2) is 59.4 Å². The van der Waals surface area contributed by atoms with E-state index in [2.05, 4.69) is 41.4 Å². The van der Waals surface area contributed by atoms with E-state index in [4.69, 9.17) is 5.73 Å². The van der Waals surface area contributed by atoms with E-state index < -0.39 is 6.04 Å². The highest BCUT2D eigenvalue weighted by Crippen LogP contribution is 2.35. The van der Waals surface area contributed by atoms with Gasteiger partial charge < -0.3 is 16.0 Å². The van der Waals surface area contributed by atoms with Gasteiger partial charge in [0, 0.05) is 37.3 Å². The normalized spacial score (nSPS) is 25.5. The summed E-state index contributed by atoms with van der Waals surface area (Å²) in [6, 6.07) is 16.8. The van der Waals surface area contributed by atoms with Crippen LogP contribution in [0.4, 0.5) is 0 Å². The molecule has 210 valence electrons. The smallest absolute Gasteiger partial charge is 0.254 e. The van der Waals surface area contributed by atoms with Crippen LogP contribution in [0.15, 0.2) is 48.5 Å². The number of amides is 2. The minimum absolute atomic E-state index is 0.00155. The van der Waals surface area contributed by atoms with E-state index in [9.17, 15) is 9.59 Å². The number of likely N-dealkylation sites (tertiary alicyclic amines) is 1. The molecule has 1 heterocycles. The van der Waals surface area contributed by atoms with Crippen LogP contribution in [0.5, 0.6) is 0 Å². The highest BCUT2D eigenvalue weighted by Gasteiger charge is 2.42. The van der Waals surface area contributed by atoms with E-state index in [0.29, 0.717) is 43.0 Å². The van der Waals surface area contributed by atoms with Crippen LogP contribution in [0.2, 0.25) is 0 Å². The Morgan fingerprint density at radius 3 is 2.38 bits per heavy atom. The first-order valence-corrected chi connectivity index (χ1v) is 15.1. The number of nitrogens with two attached hydrogens (primary N) is 1. The molecule has 2 aromatic carbocycles. The van der Waals surface area contributed by atoms with Gasteiger partial charge in [0.15, 0.2) is 0 Å². The number of hydrogen-bond acceptors (Lipinski definition) is 4. The average molecular weight is 531 g/mol. The third-order valence-electron chi connectivity index (χ3n) is 9.33. The standard InChI is InChI=1S/C33H46N4O2/c1-23-10-12-27(13-11-23)33(39)36-17-16-30(37(29-14-15-29)22-28-9-4-3-6-24(28)2)19-31(36)32(38)35-21-26-8-5-7-25(18-26)20-34/h3-4,6,9-13,25-26,29-31H,5,7-8,14-22,34H2,1-2H3,(H,35,38)/t25?,26?,30?,31-/m1/s1. The average Bonchev–Trinajstić information content (AvgIpc) is 3.81. The van der Waals surface area contributed by atoms with Gasteiger partial charge in [-0.3, -0.25) is 14.5 Å². The van der Waals surface area contributed by atoms with Crippen molar-refractivity contribution in [2.24, 2.45) is 17.6 Å². The van der Waals surface area contributed by atoms with E-state index in [1.165, 1.54) is 36.8 Å². The quantitative estimate of drug-likeness (QED) is 0.487. The molecule has 1 aliphatic heterocycles. The van der Waals surface area contributed by atoms with Gasteiger partial charge >= 0.3 is 0 Å². The monoisotopic (exact) mass is 530 g/mol. The molecule has 6 heteroatoms. The Morgan fingerprint density at radius 1 is 0.923 bits per heavy atom. The minimum Gasteiger partial charge on any atom is -0.354 e. The lowest BCUT2D eigenvalue weighted by atomic mass is 9.81. The van der Waals surface area contributed by atoms with Gasteiger partial charge in [-0.25, -0.2) is 0 Å². The zero-order chi connectivity index (χ0) is 27.4. The molecule has 4 atom stereocenters. The summed E-state index contributed by atoms with van der Waals surface area (Å²) in [5, 5.41) is 3.28. The van der Waals surface area contributed by atoms with Crippen molar-refractivity contribution in [2.45, 2.75) is 89.9 Å². The highest BCUT2D eigenvalue weighted by molar-refractivity contribution is 5.97. The Labute approximate surface area is 234 Å². The number of rotatable bonds is 9. The Balaban J connectivity index is 1.33. The zero-order valence-corrected chi connectivity index (χ0v) is 23.8. The summed E-state index contributed by atoms with van der Waals surface area (Å²) in [6.07, 6.45) is 8.62. The van der Waals surface area contributed by atoms with Gasteiger partial charge in [-0.15, -0.1) is 0 Å². The summed E-state index contributed by atoms with van der Waals surface area (Å²) in [7, 11) is 0. The summed E-state index contributed by atoms with van der Waals surface area (Å²) in [6.45, 7) is 7.12. The third-order valence-corrected chi connectivity index (χ3v) is 9.33. The van der Waals surface area contributed by atoms with E-state index in [1.54, 1.807) is 0 Å². The van der Waals surface area contributed by atoms with Crippen LogP contribution in [-0.2, 0) is 11.3 Å². The summed E-state index contributed by atoms with van der Waals surface area (Å²) in [4.78, 5) is 32.0. The molecule has 0 spiro atoms. The fourth-order valence-corrected chi connectivity index (χ4v) is 6.71. The Morgan fingerprint density at radius 2 is 1.67 bits per heavy atom. The summed E-state index contributed by atoms with van der Waals surface area (Å²) < 4.78 is 0. The minimum atomic E-state index is -0.454. The molecule has 6 nitrogen and oxygen atoms in total. The fourth-order valence-electron chi connectivity index (χ4n) is 6.71. The van der Waals surface area contributed by atoms with Crippen LogP contribution < -0.4 is 11.1 Å². The lowest BCUT2D eigenvalue weighted by Gasteiger charge is -2.43. The van der Waals surface area contributed by atoms with E-state index in [1.807, 2.05) is 36.1 Å². The first-order valence-electron chi connectivity index (χ1n) is 15.1. The third kappa shape index (κ3) is 6.90. The van der Waals surface area contributed by atoms with Crippen molar-refractivity contribution in [3.05, 3.63) is 70.8 Å². The number of benzene rings is 2. The van der Waals surface area contributed by atoms with E-state index in [-0.39, 0.29) is 17.9 Å². The highest BCUT2D eigenvalue weighted by atomic mass is 16.2. The van der Waals surface area contributed by atoms with Crippen molar-refractivity contribution < 1.29 is 9.59 Å². The molecule has 5 rings (SSSR count). The van der Waals surface area contributed by atoms with Crippen LogP contribution >= 0.6 is 0 Å². The first kappa shape index (κ1) is 27.9. The van der Waals surface area contributed by atoms with E-state index >= 15 is 0 Å². The van der Waals surface area contributed by atoms with Crippen LogP contribution in [0.3, 0.4) is 0 Å². The number of aryl methyl sites for hydroxylation is 2. The van der Waals surface area contributed by atoms with Crippen molar-refractivity contribution in [2.75, 3.05) is 19.6 Å². The van der Waals surface area contributed by atoms with Gasteiger partial charge in [-0.2, -0.15) is 0 Å². The predicted octanol–water partition coefficient (Wildman–Crippen LogP) is 4.82. The number of piperidine rings is 1. The lowest BCUT2D eigenvalue weighted by molar-refractivity contribution is -0.128. The maximum absolute atomic E-state index is 13.8. The summed E-state index contributed by atoms with van der Waals surface area (Å²) in [5.74, 6) is 1.00. The molecule has 2 aliphatic carbocycles. The molecule has 3 unspecified atom stereocenters. The topological polar surface area (TPSA) is 78.7 Å². The Bertz CT molecular complexity index is 1130. The van der Waals surface area contributed by atoms with Crippen molar-refractivity contribution >= 4 is 11.8 Å². The van der Waals surface area contributed by atoms with Crippen LogP contribution in [0.1, 0.15) is 78.4 Å². The van der Waals surface area contributed by atoms with Gasteiger partial charge in [0.05, 0.1) is 0 Å². The Hall–Kier alpha value is -2.70. The maximum Gasteiger partial charge on any atom is 0.254 e. The molecule has 0 aromatic heterocycles.